The maximum atomic E-state index is 16.0. The Hall–Kier alpha value is -4.80. The summed E-state index contributed by atoms with van der Waals surface area (Å²) in [5.41, 5.74) is -0.601. The number of ether oxygens (including phenoxy) is 2. The summed E-state index contributed by atoms with van der Waals surface area (Å²) in [6.07, 6.45) is -3.64. The molecule has 0 saturated carbocycles. The number of nitrogens with one attached hydrogen (secondary N) is 1. The normalized spacial score (nSPS) is 15.1. The standard InChI is InChI=1S/C34H34F4N2O5/c1-5-15-45-23-13-14-24(26(35)17-23)32-21(2)27(18-33(3,4)19-44-20-41)39-31-28(11-8-12-29(31)42)40(32)30(43)16-22-9-6-7-10-25(22)34(36,37)38/h5-14,17,20,32,39,42H,1,15-16,18-19H2,2-4H3. The Bertz CT molecular complexity index is 1620. The summed E-state index contributed by atoms with van der Waals surface area (Å²) < 4.78 is 68.2. The number of rotatable bonds is 11. The summed E-state index contributed by atoms with van der Waals surface area (Å²) in [6, 6.07) is 12.2. The van der Waals surface area contributed by atoms with Crippen LogP contribution in [0, 0.1) is 11.2 Å². The molecule has 0 aromatic heterocycles. The number of anilines is 2. The lowest BCUT2D eigenvalue weighted by Crippen LogP contribution is -2.37. The largest absolute Gasteiger partial charge is 0.506 e. The Morgan fingerprint density at radius 3 is 2.51 bits per heavy atom. The predicted octanol–water partition coefficient (Wildman–Crippen LogP) is 7.72. The Morgan fingerprint density at radius 1 is 1.11 bits per heavy atom. The van der Waals surface area contributed by atoms with Crippen molar-refractivity contribution in [1.29, 1.82) is 0 Å². The van der Waals surface area contributed by atoms with Gasteiger partial charge < -0.3 is 19.9 Å². The minimum Gasteiger partial charge on any atom is -0.506 e. The van der Waals surface area contributed by atoms with Gasteiger partial charge in [-0.15, -0.1) is 0 Å². The number of carbonyl (C=O) groups is 2. The molecule has 0 fully saturated rings. The van der Waals surface area contributed by atoms with Crippen LogP contribution < -0.4 is 15.0 Å². The van der Waals surface area contributed by atoms with Gasteiger partial charge in [-0.25, -0.2) is 4.39 Å². The molecule has 7 nitrogen and oxygen atoms in total. The second-order valence-corrected chi connectivity index (χ2v) is 11.5. The van der Waals surface area contributed by atoms with Crippen LogP contribution in [0.2, 0.25) is 0 Å². The molecule has 3 aromatic carbocycles. The molecule has 1 aliphatic rings. The number of hydrogen-bond acceptors (Lipinski definition) is 6. The second kappa shape index (κ2) is 13.5. The van der Waals surface area contributed by atoms with Crippen LogP contribution in [0.15, 0.2) is 84.6 Å². The fourth-order valence-electron chi connectivity index (χ4n) is 5.40. The number of allylic oxidation sites excluding steroid dienone is 1. The number of halogens is 4. The van der Waals surface area contributed by atoms with E-state index >= 15 is 4.39 Å². The van der Waals surface area contributed by atoms with Gasteiger partial charge in [0, 0.05) is 22.7 Å². The van der Waals surface area contributed by atoms with E-state index in [1.807, 2.05) is 13.8 Å². The lowest BCUT2D eigenvalue weighted by atomic mass is 9.85. The highest BCUT2D eigenvalue weighted by molar-refractivity contribution is 6.01. The number of phenols is 1. The number of carbonyl (C=O) groups excluding carboxylic acids is 2. The summed E-state index contributed by atoms with van der Waals surface area (Å²) in [4.78, 5) is 26.4. The zero-order valence-corrected chi connectivity index (χ0v) is 25.1. The third kappa shape index (κ3) is 7.47. The Kier molecular flexibility index (Phi) is 9.90. The molecule has 2 N–H and O–H groups in total. The molecule has 0 saturated heterocycles. The third-order valence-corrected chi connectivity index (χ3v) is 7.47. The molecule has 238 valence electrons. The average Bonchev–Trinajstić information content (AvgIpc) is 3.09. The fraction of sp³-hybridized carbons (Fsp3) is 0.294. The minimum absolute atomic E-state index is 0.0355. The van der Waals surface area contributed by atoms with E-state index < -0.39 is 41.3 Å². The highest BCUT2D eigenvalue weighted by Gasteiger charge is 2.39. The highest BCUT2D eigenvalue weighted by Crippen LogP contribution is 2.48. The fourth-order valence-corrected chi connectivity index (χ4v) is 5.40. The van der Waals surface area contributed by atoms with Gasteiger partial charge in [-0.1, -0.05) is 50.8 Å². The number of nitrogens with zero attached hydrogens (tertiary/aromatic N) is 1. The molecule has 1 amide bonds. The number of alkyl halides is 3. The smallest absolute Gasteiger partial charge is 0.416 e. The topological polar surface area (TPSA) is 88.1 Å². The predicted molar refractivity (Wildman–Crippen MR) is 162 cm³/mol. The lowest BCUT2D eigenvalue weighted by molar-refractivity contribution is -0.138. The van der Waals surface area contributed by atoms with Crippen molar-refractivity contribution in [1.82, 2.24) is 0 Å². The van der Waals surface area contributed by atoms with Gasteiger partial charge in [0.15, 0.2) is 0 Å². The van der Waals surface area contributed by atoms with E-state index in [0.29, 0.717) is 17.7 Å². The molecule has 11 heteroatoms. The van der Waals surface area contributed by atoms with E-state index in [1.54, 1.807) is 6.92 Å². The van der Waals surface area contributed by atoms with Gasteiger partial charge >= 0.3 is 6.18 Å². The number of aromatic hydroxyl groups is 1. The molecule has 1 heterocycles. The first-order valence-corrected chi connectivity index (χ1v) is 14.1. The van der Waals surface area contributed by atoms with Gasteiger partial charge in [-0.3, -0.25) is 14.5 Å². The Morgan fingerprint density at radius 2 is 1.84 bits per heavy atom. The van der Waals surface area contributed by atoms with Crippen LogP contribution in [0.3, 0.4) is 0 Å². The van der Waals surface area contributed by atoms with Crippen LogP contribution in [-0.2, 0) is 26.9 Å². The van der Waals surface area contributed by atoms with E-state index in [9.17, 15) is 27.9 Å². The zero-order chi connectivity index (χ0) is 32.9. The monoisotopic (exact) mass is 626 g/mol. The Labute approximate surface area is 258 Å². The molecule has 0 aliphatic carbocycles. The van der Waals surface area contributed by atoms with Gasteiger partial charge in [-0.2, -0.15) is 13.2 Å². The molecule has 0 bridgehead atoms. The molecule has 45 heavy (non-hydrogen) atoms. The molecule has 3 aromatic rings. The summed E-state index contributed by atoms with van der Waals surface area (Å²) in [5, 5.41) is 14.2. The first-order chi connectivity index (χ1) is 21.3. The first-order valence-electron chi connectivity index (χ1n) is 14.1. The van der Waals surface area contributed by atoms with Crippen molar-refractivity contribution in [2.24, 2.45) is 5.41 Å². The van der Waals surface area contributed by atoms with Crippen molar-refractivity contribution in [2.45, 2.75) is 45.8 Å². The molecule has 0 spiro atoms. The number of phenolic OH excluding ortho intramolecular Hbond substituents is 1. The van der Waals surface area contributed by atoms with Crippen molar-refractivity contribution in [3.63, 3.8) is 0 Å². The number of hydrogen-bond donors (Lipinski definition) is 2. The summed E-state index contributed by atoms with van der Waals surface area (Å²) in [5.74, 6) is -1.50. The van der Waals surface area contributed by atoms with Gasteiger partial charge in [0.05, 0.1) is 30.3 Å². The summed E-state index contributed by atoms with van der Waals surface area (Å²) >= 11 is 0. The van der Waals surface area contributed by atoms with Crippen LogP contribution >= 0.6 is 0 Å². The van der Waals surface area contributed by atoms with Gasteiger partial charge in [0.1, 0.15) is 29.6 Å². The van der Waals surface area contributed by atoms with Crippen molar-refractivity contribution >= 4 is 23.8 Å². The molecule has 1 aliphatic heterocycles. The molecular weight excluding hydrogens is 592 g/mol. The summed E-state index contributed by atoms with van der Waals surface area (Å²) in [6.45, 7) is 9.44. The van der Waals surface area contributed by atoms with Crippen molar-refractivity contribution in [3.05, 3.63) is 107 Å². The SMILES string of the molecule is C=CCOc1ccc(C2C(C)=C(CC(C)(C)COC=O)Nc3c(O)cccc3N2C(=O)Cc2ccccc2C(F)(F)F)c(F)c1. The van der Waals surface area contributed by atoms with Crippen molar-refractivity contribution in [3.8, 4) is 11.5 Å². The number of fused-ring (bicyclic) bond motifs is 1. The molecule has 0 radical (unpaired) electrons. The van der Waals surface area contributed by atoms with E-state index in [-0.39, 0.29) is 53.6 Å². The molecule has 4 rings (SSSR count). The molecule has 1 atom stereocenters. The van der Waals surface area contributed by atoms with E-state index in [0.717, 1.165) is 12.1 Å². The van der Waals surface area contributed by atoms with Crippen LogP contribution in [0.25, 0.3) is 0 Å². The van der Waals surface area contributed by atoms with E-state index in [4.69, 9.17) is 9.47 Å². The van der Waals surface area contributed by atoms with E-state index in [1.165, 1.54) is 59.5 Å². The maximum Gasteiger partial charge on any atom is 0.416 e. The second-order valence-electron chi connectivity index (χ2n) is 11.5. The molecular formula is C34H34F4N2O5. The number of benzene rings is 3. The highest BCUT2D eigenvalue weighted by atomic mass is 19.4. The average molecular weight is 627 g/mol. The lowest BCUT2D eigenvalue weighted by Gasteiger charge is -2.33. The zero-order valence-electron chi connectivity index (χ0n) is 25.1. The van der Waals surface area contributed by atoms with Crippen molar-refractivity contribution < 1.29 is 41.7 Å². The van der Waals surface area contributed by atoms with Gasteiger partial charge in [-0.05, 0) is 54.8 Å². The Balaban J connectivity index is 1.94. The first kappa shape index (κ1) is 33.1. The van der Waals surface area contributed by atoms with Crippen LogP contribution in [0.5, 0.6) is 11.5 Å². The van der Waals surface area contributed by atoms with Crippen LogP contribution in [-0.4, -0.2) is 30.7 Å². The van der Waals surface area contributed by atoms with Crippen LogP contribution in [0.4, 0.5) is 28.9 Å². The maximum absolute atomic E-state index is 16.0. The van der Waals surface area contributed by atoms with Gasteiger partial charge in [0.25, 0.3) is 6.47 Å². The van der Waals surface area contributed by atoms with Crippen LogP contribution in [0.1, 0.15) is 49.9 Å². The molecule has 1 unspecified atom stereocenters. The third-order valence-electron chi connectivity index (χ3n) is 7.47. The van der Waals surface area contributed by atoms with Gasteiger partial charge in [0.2, 0.25) is 5.91 Å². The number of amides is 1. The quantitative estimate of drug-likeness (QED) is 0.0981. The number of para-hydroxylation sites is 1. The minimum atomic E-state index is -4.71. The van der Waals surface area contributed by atoms with Crippen molar-refractivity contribution in [2.75, 3.05) is 23.4 Å². The summed E-state index contributed by atoms with van der Waals surface area (Å²) in [7, 11) is 0. The van der Waals surface area contributed by atoms with E-state index in [2.05, 4.69) is 11.9 Å².